The van der Waals surface area contributed by atoms with Crippen molar-refractivity contribution < 1.29 is 14.4 Å². The van der Waals surface area contributed by atoms with Gasteiger partial charge in [-0.2, -0.15) is 0 Å². The molecule has 1 saturated carbocycles. The van der Waals surface area contributed by atoms with Crippen molar-refractivity contribution in [1.82, 2.24) is 4.90 Å². The van der Waals surface area contributed by atoms with Gasteiger partial charge >= 0.3 is 6.03 Å². The standard InChI is InChI=1S/C27H26N4O3/c32-25-23-16-15-21(17-24(23)26(33)31(25)22-9-5-2-6-10-22)30-27(34)29-20-13-11-19(12-14-20)28-18-7-3-1-4-8-18/h1,3-4,7-8,11-17,22,28H,2,5-6,9-10H2,(H2,29,30,34). The molecule has 0 atom stereocenters. The van der Waals surface area contributed by atoms with Crippen LogP contribution in [0.5, 0.6) is 0 Å². The zero-order valence-corrected chi connectivity index (χ0v) is 18.7. The molecule has 1 aliphatic heterocycles. The van der Waals surface area contributed by atoms with Crippen molar-refractivity contribution in [2.75, 3.05) is 16.0 Å². The summed E-state index contributed by atoms with van der Waals surface area (Å²) in [6, 6.07) is 21.6. The second kappa shape index (κ2) is 9.39. The Bertz CT molecular complexity index is 1220. The number of carbonyl (C=O) groups is 3. The summed E-state index contributed by atoms with van der Waals surface area (Å²) in [5.41, 5.74) is 3.74. The Kier molecular flexibility index (Phi) is 5.99. The normalized spacial score (nSPS) is 15.7. The van der Waals surface area contributed by atoms with Crippen LogP contribution in [0.2, 0.25) is 0 Å². The number of para-hydroxylation sites is 1. The molecule has 3 aromatic carbocycles. The highest BCUT2D eigenvalue weighted by Crippen LogP contribution is 2.32. The molecule has 3 N–H and O–H groups in total. The molecular weight excluding hydrogens is 428 g/mol. The topological polar surface area (TPSA) is 90.5 Å². The summed E-state index contributed by atoms with van der Waals surface area (Å²) >= 11 is 0. The van der Waals surface area contributed by atoms with Crippen LogP contribution in [0.3, 0.4) is 0 Å². The monoisotopic (exact) mass is 454 g/mol. The Morgan fingerprint density at radius 1 is 0.676 bits per heavy atom. The second-order valence-corrected chi connectivity index (χ2v) is 8.68. The summed E-state index contributed by atoms with van der Waals surface area (Å²) in [7, 11) is 0. The number of rotatable bonds is 5. The first kappa shape index (κ1) is 21.7. The van der Waals surface area contributed by atoms with Gasteiger partial charge in [-0.15, -0.1) is 0 Å². The fraction of sp³-hybridized carbons (Fsp3) is 0.222. The van der Waals surface area contributed by atoms with Crippen molar-refractivity contribution >= 4 is 40.6 Å². The lowest BCUT2D eigenvalue weighted by molar-refractivity contribution is 0.0549. The molecule has 1 aliphatic carbocycles. The van der Waals surface area contributed by atoms with Crippen LogP contribution in [0, 0.1) is 0 Å². The van der Waals surface area contributed by atoms with Gasteiger partial charge in [0.15, 0.2) is 0 Å². The van der Waals surface area contributed by atoms with Gasteiger partial charge in [-0.05, 0) is 67.4 Å². The van der Waals surface area contributed by atoms with Crippen LogP contribution in [0.4, 0.5) is 27.5 Å². The molecule has 0 radical (unpaired) electrons. The predicted octanol–water partition coefficient (Wildman–Crippen LogP) is 6.00. The molecule has 3 aromatic rings. The van der Waals surface area contributed by atoms with E-state index in [1.807, 2.05) is 42.5 Å². The fourth-order valence-corrected chi connectivity index (χ4v) is 4.63. The van der Waals surface area contributed by atoms with Crippen LogP contribution in [0.1, 0.15) is 52.8 Å². The van der Waals surface area contributed by atoms with Gasteiger partial charge in [-0.3, -0.25) is 14.5 Å². The van der Waals surface area contributed by atoms with Gasteiger partial charge in [0.2, 0.25) is 0 Å². The first-order chi connectivity index (χ1) is 16.6. The Balaban J connectivity index is 1.22. The van der Waals surface area contributed by atoms with Gasteiger partial charge in [0.25, 0.3) is 11.8 Å². The molecule has 2 aliphatic rings. The maximum Gasteiger partial charge on any atom is 0.323 e. The Morgan fingerprint density at radius 3 is 2.00 bits per heavy atom. The van der Waals surface area contributed by atoms with Crippen molar-refractivity contribution in [3.05, 3.63) is 83.9 Å². The van der Waals surface area contributed by atoms with E-state index in [0.717, 1.165) is 43.5 Å². The third-order valence-corrected chi connectivity index (χ3v) is 6.32. The maximum absolute atomic E-state index is 13.0. The number of amides is 4. The van der Waals surface area contributed by atoms with Gasteiger partial charge in [0, 0.05) is 28.8 Å². The highest BCUT2D eigenvalue weighted by Gasteiger charge is 2.40. The number of hydrogen-bond acceptors (Lipinski definition) is 4. The van der Waals surface area contributed by atoms with Crippen LogP contribution in [0.15, 0.2) is 72.8 Å². The van der Waals surface area contributed by atoms with Gasteiger partial charge in [0.1, 0.15) is 0 Å². The molecule has 172 valence electrons. The molecule has 34 heavy (non-hydrogen) atoms. The number of carbonyl (C=O) groups excluding carboxylic acids is 3. The smallest absolute Gasteiger partial charge is 0.323 e. The van der Waals surface area contributed by atoms with Crippen molar-refractivity contribution in [3.63, 3.8) is 0 Å². The Hall–Kier alpha value is -4.13. The van der Waals surface area contributed by atoms with Crippen LogP contribution < -0.4 is 16.0 Å². The zero-order chi connectivity index (χ0) is 23.5. The van der Waals surface area contributed by atoms with E-state index in [1.54, 1.807) is 30.3 Å². The molecule has 4 amide bonds. The lowest BCUT2D eigenvalue weighted by Crippen LogP contribution is -2.40. The number of hydrogen-bond donors (Lipinski definition) is 3. The zero-order valence-electron chi connectivity index (χ0n) is 18.7. The summed E-state index contributed by atoms with van der Waals surface area (Å²) in [4.78, 5) is 39.7. The van der Waals surface area contributed by atoms with E-state index in [-0.39, 0.29) is 17.9 Å². The first-order valence-corrected chi connectivity index (χ1v) is 11.6. The summed E-state index contributed by atoms with van der Waals surface area (Å²) in [5.74, 6) is -0.496. The number of benzene rings is 3. The molecule has 0 aromatic heterocycles. The first-order valence-electron chi connectivity index (χ1n) is 11.6. The molecule has 7 heteroatoms. The predicted molar refractivity (Wildman–Crippen MR) is 133 cm³/mol. The number of anilines is 4. The minimum Gasteiger partial charge on any atom is -0.356 e. The SMILES string of the molecule is O=C(Nc1ccc(Nc2ccccc2)cc1)Nc1ccc2c(c1)C(=O)N(C1CCCCC1)C2=O. The van der Waals surface area contributed by atoms with E-state index < -0.39 is 6.03 Å². The Morgan fingerprint density at radius 2 is 1.26 bits per heavy atom. The van der Waals surface area contributed by atoms with E-state index in [0.29, 0.717) is 22.5 Å². The van der Waals surface area contributed by atoms with Crippen LogP contribution in [0.25, 0.3) is 0 Å². The molecule has 0 unspecified atom stereocenters. The largest absolute Gasteiger partial charge is 0.356 e. The van der Waals surface area contributed by atoms with Crippen molar-refractivity contribution in [2.45, 2.75) is 38.1 Å². The van der Waals surface area contributed by atoms with Crippen LogP contribution >= 0.6 is 0 Å². The van der Waals surface area contributed by atoms with Crippen molar-refractivity contribution in [1.29, 1.82) is 0 Å². The van der Waals surface area contributed by atoms with Gasteiger partial charge in [-0.1, -0.05) is 37.5 Å². The summed E-state index contributed by atoms with van der Waals surface area (Å²) in [6.07, 6.45) is 4.94. The van der Waals surface area contributed by atoms with E-state index in [9.17, 15) is 14.4 Å². The second-order valence-electron chi connectivity index (χ2n) is 8.68. The quantitative estimate of drug-likeness (QED) is 0.412. The number of imide groups is 1. The van der Waals surface area contributed by atoms with E-state index >= 15 is 0 Å². The minimum absolute atomic E-state index is 0.0276. The molecule has 0 spiro atoms. The highest BCUT2D eigenvalue weighted by molar-refractivity contribution is 6.22. The molecule has 0 saturated heterocycles. The third kappa shape index (κ3) is 4.50. The lowest BCUT2D eigenvalue weighted by atomic mass is 9.94. The number of nitrogens with zero attached hydrogens (tertiary/aromatic N) is 1. The van der Waals surface area contributed by atoms with Gasteiger partial charge < -0.3 is 16.0 Å². The Labute approximate surface area is 198 Å². The maximum atomic E-state index is 13.0. The summed E-state index contributed by atoms with van der Waals surface area (Å²) in [5, 5.41) is 8.84. The van der Waals surface area contributed by atoms with Gasteiger partial charge in [0.05, 0.1) is 11.1 Å². The fourth-order valence-electron chi connectivity index (χ4n) is 4.63. The average Bonchev–Trinajstić information content (AvgIpc) is 3.11. The third-order valence-electron chi connectivity index (χ3n) is 6.32. The molecule has 1 heterocycles. The number of nitrogens with one attached hydrogen (secondary N) is 3. The summed E-state index contributed by atoms with van der Waals surface area (Å²) in [6.45, 7) is 0. The van der Waals surface area contributed by atoms with Crippen LogP contribution in [-0.4, -0.2) is 28.8 Å². The lowest BCUT2D eigenvalue weighted by Gasteiger charge is -2.29. The molecule has 7 nitrogen and oxygen atoms in total. The number of urea groups is 1. The van der Waals surface area contributed by atoms with Crippen molar-refractivity contribution in [3.8, 4) is 0 Å². The van der Waals surface area contributed by atoms with E-state index in [1.165, 1.54) is 4.90 Å². The molecule has 0 bridgehead atoms. The van der Waals surface area contributed by atoms with Crippen molar-refractivity contribution in [2.24, 2.45) is 0 Å². The molecule has 1 fully saturated rings. The molecule has 5 rings (SSSR count). The van der Waals surface area contributed by atoms with Crippen LogP contribution in [-0.2, 0) is 0 Å². The minimum atomic E-state index is -0.426. The van der Waals surface area contributed by atoms with E-state index in [4.69, 9.17) is 0 Å². The average molecular weight is 455 g/mol. The molecular formula is C27H26N4O3. The summed E-state index contributed by atoms with van der Waals surface area (Å²) < 4.78 is 0. The highest BCUT2D eigenvalue weighted by atomic mass is 16.2. The number of fused-ring (bicyclic) bond motifs is 1. The van der Waals surface area contributed by atoms with Gasteiger partial charge in [-0.25, -0.2) is 4.79 Å². The van der Waals surface area contributed by atoms with E-state index in [2.05, 4.69) is 16.0 Å².